The van der Waals surface area contributed by atoms with Gasteiger partial charge >= 0.3 is 0 Å². The first kappa shape index (κ1) is 21.2. The average molecular weight is 471 g/mol. The zero-order valence-corrected chi connectivity index (χ0v) is 18.3. The first-order chi connectivity index (χ1) is 14.8. The van der Waals surface area contributed by atoms with Crippen molar-refractivity contribution in [3.8, 4) is 5.75 Å². The smallest absolute Gasteiger partial charge is 0.262 e. The largest absolute Gasteiger partial charge is 0.504 e. The molecule has 4 aromatic rings. The van der Waals surface area contributed by atoms with Gasteiger partial charge in [0.15, 0.2) is 5.75 Å². The molecule has 0 aliphatic heterocycles. The second-order valence-corrected chi connectivity index (χ2v) is 9.22. The Morgan fingerprint density at radius 1 is 0.903 bits per heavy atom. The van der Waals surface area contributed by atoms with Gasteiger partial charge in [0.2, 0.25) is 0 Å². The van der Waals surface area contributed by atoms with Crippen molar-refractivity contribution in [2.75, 3.05) is 4.72 Å². The molecule has 0 fully saturated rings. The molecule has 0 bridgehead atoms. The van der Waals surface area contributed by atoms with Crippen LogP contribution in [0.3, 0.4) is 0 Å². The molecule has 5 nitrogen and oxygen atoms in total. The quantitative estimate of drug-likeness (QED) is 0.339. The first-order valence-corrected chi connectivity index (χ1v) is 11.4. The molecule has 1 aromatic heterocycles. The summed E-state index contributed by atoms with van der Waals surface area (Å²) >= 11 is 12.2. The van der Waals surface area contributed by atoms with E-state index >= 15 is 0 Å². The Morgan fingerprint density at radius 3 is 2.32 bits per heavy atom. The number of phenols is 1. The van der Waals surface area contributed by atoms with Crippen LogP contribution in [-0.2, 0) is 10.0 Å². The normalized spacial score (nSPS) is 11.8. The molecule has 0 amide bonds. The van der Waals surface area contributed by atoms with Gasteiger partial charge in [-0.05, 0) is 54.1 Å². The fourth-order valence-electron chi connectivity index (χ4n) is 2.98. The summed E-state index contributed by atoms with van der Waals surface area (Å²) in [7, 11) is -3.96. The molecule has 0 saturated carbocycles. The van der Waals surface area contributed by atoms with Crippen molar-refractivity contribution in [2.24, 2.45) is 0 Å². The Bertz CT molecular complexity index is 1390. The van der Waals surface area contributed by atoms with Crippen LogP contribution in [0, 0.1) is 0 Å². The minimum Gasteiger partial charge on any atom is -0.504 e. The van der Waals surface area contributed by atoms with Crippen molar-refractivity contribution in [3.63, 3.8) is 0 Å². The van der Waals surface area contributed by atoms with Gasteiger partial charge in [-0.1, -0.05) is 59.6 Å². The van der Waals surface area contributed by atoms with Gasteiger partial charge in [0.25, 0.3) is 10.0 Å². The predicted octanol–water partition coefficient (Wildman–Crippen LogP) is 6.22. The predicted molar refractivity (Wildman–Crippen MR) is 126 cm³/mol. The van der Waals surface area contributed by atoms with E-state index in [-0.39, 0.29) is 26.9 Å². The van der Waals surface area contributed by atoms with Gasteiger partial charge in [0, 0.05) is 10.4 Å². The number of aromatic nitrogens is 1. The molecule has 0 aliphatic carbocycles. The van der Waals surface area contributed by atoms with Crippen molar-refractivity contribution in [2.45, 2.75) is 4.90 Å². The number of halogens is 2. The summed E-state index contributed by atoms with van der Waals surface area (Å²) in [5.74, 6) is -0.313. The molecule has 2 N–H and O–H groups in total. The number of benzene rings is 3. The topological polar surface area (TPSA) is 79.3 Å². The second kappa shape index (κ2) is 8.59. The number of nitrogens with zero attached hydrogens (tertiary/aromatic N) is 1. The van der Waals surface area contributed by atoms with Crippen LogP contribution >= 0.6 is 23.2 Å². The van der Waals surface area contributed by atoms with Gasteiger partial charge < -0.3 is 5.11 Å². The highest BCUT2D eigenvalue weighted by Crippen LogP contribution is 2.38. The van der Waals surface area contributed by atoms with E-state index in [1.54, 1.807) is 18.2 Å². The molecular weight excluding hydrogens is 455 g/mol. The second-order valence-electron chi connectivity index (χ2n) is 6.69. The maximum absolute atomic E-state index is 12.7. The molecule has 3 aromatic carbocycles. The highest BCUT2D eigenvalue weighted by atomic mass is 35.5. The summed E-state index contributed by atoms with van der Waals surface area (Å²) in [5.41, 5.74) is 1.71. The lowest BCUT2D eigenvalue weighted by Gasteiger charge is -2.13. The van der Waals surface area contributed by atoms with E-state index in [9.17, 15) is 13.5 Å². The number of phenolic OH excluding ortho intramolecular Hbond substituents is 1. The molecule has 1 heterocycles. The van der Waals surface area contributed by atoms with E-state index < -0.39 is 10.0 Å². The molecule has 0 unspecified atom stereocenters. The summed E-state index contributed by atoms with van der Waals surface area (Å²) < 4.78 is 27.8. The van der Waals surface area contributed by atoms with Gasteiger partial charge in [-0.15, -0.1) is 0 Å². The van der Waals surface area contributed by atoms with Crippen LogP contribution in [0.15, 0.2) is 77.7 Å². The van der Waals surface area contributed by atoms with Crippen molar-refractivity contribution < 1.29 is 13.5 Å². The third kappa shape index (κ3) is 4.66. The summed E-state index contributed by atoms with van der Waals surface area (Å²) in [6, 6.07) is 20.2. The zero-order chi connectivity index (χ0) is 22.0. The maximum Gasteiger partial charge on any atom is 0.262 e. The third-order valence-corrected chi connectivity index (χ3v) is 6.49. The lowest BCUT2D eigenvalue weighted by atomic mass is 10.1. The summed E-state index contributed by atoms with van der Waals surface area (Å²) in [4.78, 5) is 4.45. The lowest BCUT2D eigenvalue weighted by molar-refractivity contribution is 0.482. The number of hydrogen-bond donors (Lipinski definition) is 2. The minimum absolute atomic E-state index is 0.0000220. The molecule has 31 heavy (non-hydrogen) atoms. The van der Waals surface area contributed by atoms with Crippen LogP contribution < -0.4 is 4.72 Å². The Kier molecular flexibility index (Phi) is 5.87. The fraction of sp³-hybridized carbons (Fsp3) is 0. The van der Waals surface area contributed by atoms with Gasteiger partial charge in [0.05, 0.1) is 21.3 Å². The summed E-state index contributed by atoms with van der Waals surface area (Å²) in [5, 5.41) is 11.9. The van der Waals surface area contributed by atoms with Crippen molar-refractivity contribution in [3.05, 3.63) is 94.1 Å². The molecule has 156 valence electrons. The third-order valence-electron chi connectivity index (χ3n) is 4.54. The van der Waals surface area contributed by atoms with E-state index in [1.807, 2.05) is 36.4 Å². The van der Waals surface area contributed by atoms with Crippen LogP contribution in [0.4, 0.5) is 5.69 Å². The van der Waals surface area contributed by atoms with Gasteiger partial charge in [0.1, 0.15) is 5.52 Å². The Hall–Kier alpha value is -3.06. The number of fused-ring (bicyclic) bond motifs is 1. The molecule has 8 heteroatoms. The van der Waals surface area contributed by atoms with Gasteiger partial charge in [-0.25, -0.2) is 13.4 Å². The Balaban J connectivity index is 1.72. The SMILES string of the molecule is O=S(=O)(Nc1cc(Cl)c2ccc(/C=C/c3ccccc3)nc2c1O)c1ccc(Cl)cc1. The van der Waals surface area contributed by atoms with E-state index in [0.717, 1.165) is 5.56 Å². The number of anilines is 1. The highest BCUT2D eigenvalue weighted by Gasteiger charge is 2.19. The monoisotopic (exact) mass is 470 g/mol. The summed E-state index contributed by atoms with van der Waals surface area (Å²) in [6.07, 6.45) is 3.69. The number of nitrogens with one attached hydrogen (secondary N) is 1. The van der Waals surface area contributed by atoms with Gasteiger partial charge in [-0.3, -0.25) is 4.72 Å². The Morgan fingerprint density at radius 2 is 1.61 bits per heavy atom. The van der Waals surface area contributed by atoms with E-state index in [0.29, 0.717) is 16.1 Å². The molecule has 0 spiro atoms. The molecule has 0 atom stereocenters. The number of sulfonamides is 1. The van der Waals surface area contributed by atoms with Crippen LogP contribution in [0.1, 0.15) is 11.3 Å². The van der Waals surface area contributed by atoms with Gasteiger partial charge in [-0.2, -0.15) is 0 Å². The first-order valence-electron chi connectivity index (χ1n) is 9.17. The highest BCUT2D eigenvalue weighted by molar-refractivity contribution is 7.92. The summed E-state index contributed by atoms with van der Waals surface area (Å²) in [6.45, 7) is 0. The van der Waals surface area contributed by atoms with Crippen LogP contribution in [0.5, 0.6) is 5.75 Å². The molecule has 4 rings (SSSR count). The standard InChI is InChI=1S/C23H16Cl2N2O3S/c24-16-7-11-18(12-8-16)31(29,30)27-21-14-20(25)19-13-10-17(26-22(19)23(21)28)9-6-15-4-2-1-3-5-15/h1-14,27-28H/b9-6+. The number of rotatable bonds is 5. The zero-order valence-electron chi connectivity index (χ0n) is 16.0. The number of aromatic hydroxyl groups is 1. The van der Waals surface area contributed by atoms with Crippen LogP contribution in [-0.4, -0.2) is 18.5 Å². The Labute approximate surface area is 189 Å². The van der Waals surface area contributed by atoms with E-state index in [2.05, 4.69) is 9.71 Å². The maximum atomic E-state index is 12.7. The molecule has 0 radical (unpaired) electrons. The van der Waals surface area contributed by atoms with E-state index in [4.69, 9.17) is 23.2 Å². The molecular formula is C23H16Cl2N2O3S. The van der Waals surface area contributed by atoms with Crippen LogP contribution in [0.25, 0.3) is 23.1 Å². The molecule has 0 aliphatic rings. The average Bonchev–Trinajstić information content (AvgIpc) is 2.76. The number of hydrogen-bond acceptors (Lipinski definition) is 4. The molecule has 0 saturated heterocycles. The van der Waals surface area contributed by atoms with Crippen LogP contribution in [0.2, 0.25) is 10.0 Å². The van der Waals surface area contributed by atoms with Crippen molar-refractivity contribution in [1.29, 1.82) is 0 Å². The lowest BCUT2D eigenvalue weighted by Crippen LogP contribution is -2.13. The fourth-order valence-corrected chi connectivity index (χ4v) is 4.43. The van der Waals surface area contributed by atoms with E-state index in [1.165, 1.54) is 30.3 Å². The van der Waals surface area contributed by atoms with Crippen molar-refractivity contribution in [1.82, 2.24) is 4.98 Å². The minimum atomic E-state index is -3.96. The number of pyridine rings is 1. The van der Waals surface area contributed by atoms with Crippen molar-refractivity contribution >= 4 is 62.0 Å².